The van der Waals surface area contributed by atoms with E-state index in [1.807, 2.05) is 0 Å². The fourth-order valence-electron chi connectivity index (χ4n) is 1.68. The molecule has 7 nitrogen and oxygen atoms in total. The fraction of sp³-hybridized carbons (Fsp3) is 0.636. The summed E-state index contributed by atoms with van der Waals surface area (Å²) in [6.07, 6.45) is 1.66. The smallest absolute Gasteiger partial charge is 0.239 e. The molecule has 0 aromatic carbocycles. The van der Waals surface area contributed by atoms with Gasteiger partial charge in [-0.2, -0.15) is 4.98 Å². The molecule has 1 unspecified atom stereocenters. The van der Waals surface area contributed by atoms with Gasteiger partial charge in [-0.25, -0.2) is 10.8 Å². The van der Waals surface area contributed by atoms with Crippen molar-refractivity contribution >= 4 is 27.7 Å². The molecule has 8 heteroatoms. The van der Waals surface area contributed by atoms with Crippen molar-refractivity contribution in [1.29, 1.82) is 0 Å². The van der Waals surface area contributed by atoms with E-state index < -0.39 is 0 Å². The van der Waals surface area contributed by atoms with Crippen LogP contribution in [0.15, 0.2) is 10.7 Å². The fourth-order valence-corrected chi connectivity index (χ4v) is 2.10. The standard InChI is InChI=1S/C11H20BrN5O2/c1-8(7-19-3)17(4-5-18-2)10-9(12)6-14-11(15-10)16-13/h6,8H,4-5,7,13H2,1-3H3,(H,14,15,16). The number of anilines is 2. The van der Waals surface area contributed by atoms with E-state index in [-0.39, 0.29) is 6.04 Å². The van der Waals surface area contributed by atoms with Gasteiger partial charge >= 0.3 is 0 Å². The zero-order valence-corrected chi connectivity index (χ0v) is 13.0. The summed E-state index contributed by atoms with van der Waals surface area (Å²) in [6, 6.07) is 0.150. The third-order valence-electron chi connectivity index (χ3n) is 2.60. The molecule has 0 aliphatic heterocycles. The van der Waals surface area contributed by atoms with E-state index in [9.17, 15) is 0 Å². The Morgan fingerprint density at radius 1 is 1.47 bits per heavy atom. The van der Waals surface area contributed by atoms with Crippen molar-refractivity contribution in [2.75, 3.05) is 44.3 Å². The van der Waals surface area contributed by atoms with Crippen LogP contribution in [-0.2, 0) is 9.47 Å². The molecular weight excluding hydrogens is 314 g/mol. The van der Waals surface area contributed by atoms with E-state index in [0.717, 1.165) is 10.3 Å². The Hall–Kier alpha value is -0.960. The third-order valence-corrected chi connectivity index (χ3v) is 3.16. The van der Waals surface area contributed by atoms with E-state index in [1.165, 1.54) is 0 Å². The van der Waals surface area contributed by atoms with Gasteiger partial charge in [-0.3, -0.25) is 5.43 Å². The van der Waals surface area contributed by atoms with E-state index in [4.69, 9.17) is 15.3 Å². The molecule has 1 aromatic rings. The highest BCUT2D eigenvalue weighted by atomic mass is 79.9. The van der Waals surface area contributed by atoms with Crippen LogP contribution in [0.1, 0.15) is 6.92 Å². The van der Waals surface area contributed by atoms with Crippen molar-refractivity contribution < 1.29 is 9.47 Å². The molecule has 1 atom stereocenters. The van der Waals surface area contributed by atoms with Crippen LogP contribution in [0.25, 0.3) is 0 Å². The Labute approximate surface area is 121 Å². The second kappa shape index (κ2) is 8.26. The third kappa shape index (κ3) is 4.57. The molecule has 0 bridgehead atoms. The summed E-state index contributed by atoms with van der Waals surface area (Å²) in [4.78, 5) is 10.5. The Morgan fingerprint density at radius 2 is 2.21 bits per heavy atom. The van der Waals surface area contributed by atoms with Gasteiger partial charge in [0.15, 0.2) is 0 Å². The number of nitrogen functional groups attached to an aromatic ring is 1. The maximum absolute atomic E-state index is 5.35. The monoisotopic (exact) mass is 333 g/mol. The van der Waals surface area contributed by atoms with Gasteiger partial charge in [-0.1, -0.05) is 0 Å². The predicted octanol–water partition coefficient (Wildman–Crippen LogP) is 1.01. The number of hydrazine groups is 1. The number of nitrogens with one attached hydrogen (secondary N) is 1. The van der Waals surface area contributed by atoms with Crippen molar-refractivity contribution in [1.82, 2.24) is 9.97 Å². The number of rotatable bonds is 8. The number of aromatic nitrogens is 2. The molecule has 0 aliphatic carbocycles. The van der Waals surface area contributed by atoms with Crippen LogP contribution in [0.4, 0.5) is 11.8 Å². The first-order chi connectivity index (χ1) is 9.13. The molecule has 3 N–H and O–H groups in total. The van der Waals surface area contributed by atoms with E-state index >= 15 is 0 Å². The molecule has 1 aromatic heterocycles. The first-order valence-electron chi connectivity index (χ1n) is 5.87. The zero-order valence-electron chi connectivity index (χ0n) is 11.4. The van der Waals surface area contributed by atoms with Crippen LogP contribution in [0.2, 0.25) is 0 Å². The van der Waals surface area contributed by atoms with Gasteiger partial charge in [-0.05, 0) is 22.9 Å². The molecule has 0 radical (unpaired) electrons. The molecule has 0 spiro atoms. The normalized spacial score (nSPS) is 12.3. The zero-order chi connectivity index (χ0) is 14.3. The molecule has 0 amide bonds. The lowest BCUT2D eigenvalue weighted by Crippen LogP contribution is -2.39. The van der Waals surface area contributed by atoms with Gasteiger partial charge in [0.05, 0.1) is 23.7 Å². The van der Waals surface area contributed by atoms with Gasteiger partial charge in [0.1, 0.15) is 5.82 Å². The predicted molar refractivity (Wildman–Crippen MR) is 78.1 cm³/mol. The second-order valence-corrected chi connectivity index (χ2v) is 4.85. The quantitative estimate of drug-likeness (QED) is 0.542. The summed E-state index contributed by atoms with van der Waals surface area (Å²) in [5.74, 6) is 6.47. The average molecular weight is 334 g/mol. The van der Waals surface area contributed by atoms with Crippen LogP contribution in [-0.4, -0.2) is 50.0 Å². The number of nitrogens with zero attached hydrogens (tertiary/aromatic N) is 3. The highest BCUT2D eigenvalue weighted by Crippen LogP contribution is 2.25. The minimum Gasteiger partial charge on any atom is -0.383 e. The Bertz CT molecular complexity index is 393. The van der Waals surface area contributed by atoms with Crippen LogP contribution < -0.4 is 16.2 Å². The number of methoxy groups -OCH3 is 2. The molecule has 1 heterocycles. The minimum atomic E-state index is 0.150. The summed E-state index contributed by atoms with van der Waals surface area (Å²) in [7, 11) is 3.34. The molecule has 0 aliphatic rings. The van der Waals surface area contributed by atoms with Crippen LogP contribution >= 0.6 is 15.9 Å². The van der Waals surface area contributed by atoms with E-state index in [0.29, 0.717) is 25.7 Å². The molecule has 0 saturated heterocycles. The lowest BCUT2D eigenvalue weighted by atomic mass is 10.3. The van der Waals surface area contributed by atoms with E-state index in [2.05, 4.69) is 43.1 Å². The number of nitrogens with two attached hydrogens (primary N) is 1. The summed E-state index contributed by atoms with van der Waals surface area (Å²) < 4.78 is 11.1. The van der Waals surface area contributed by atoms with E-state index in [1.54, 1.807) is 20.4 Å². The molecular formula is C11H20BrN5O2. The van der Waals surface area contributed by atoms with Crippen molar-refractivity contribution in [3.05, 3.63) is 10.7 Å². The van der Waals surface area contributed by atoms with Crippen LogP contribution in [0, 0.1) is 0 Å². The van der Waals surface area contributed by atoms with Crippen molar-refractivity contribution in [3.8, 4) is 0 Å². The van der Waals surface area contributed by atoms with Gasteiger partial charge in [0.25, 0.3) is 0 Å². The van der Waals surface area contributed by atoms with Crippen molar-refractivity contribution in [2.45, 2.75) is 13.0 Å². The van der Waals surface area contributed by atoms with Crippen molar-refractivity contribution in [3.63, 3.8) is 0 Å². The van der Waals surface area contributed by atoms with Gasteiger partial charge < -0.3 is 14.4 Å². The van der Waals surface area contributed by atoms with Gasteiger partial charge in [0, 0.05) is 27.0 Å². The molecule has 0 fully saturated rings. The maximum Gasteiger partial charge on any atom is 0.239 e. The summed E-state index contributed by atoms with van der Waals surface area (Å²) >= 11 is 3.45. The van der Waals surface area contributed by atoms with Crippen LogP contribution in [0.5, 0.6) is 0 Å². The Balaban J connectivity index is 3.00. The summed E-state index contributed by atoms with van der Waals surface area (Å²) in [5.41, 5.74) is 2.44. The van der Waals surface area contributed by atoms with Gasteiger partial charge in [-0.15, -0.1) is 0 Å². The maximum atomic E-state index is 5.35. The summed E-state index contributed by atoms with van der Waals surface area (Å²) in [6.45, 7) is 3.94. The lowest BCUT2D eigenvalue weighted by Gasteiger charge is -2.30. The number of halogens is 1. The molecule has 19 heavy (non-hydrogen) atoms. The second-order valence-electron chi connectivity index (χ2n) is 4.00. The topological polar surface area (TPSA) is 85.5 Å². The van der Waals surface area contributed by atoms with Gasteiger partial charge in [0.2, 0.25) is 5.95 Å². The van der Waals surface area contributed by atoms with Crippen molar-refractivity contribution in [2.24, 2.45) is 5.84 Å². The van der Waals surface area contributed by atoms with Crippen LogP contribution in [0.3, 0.4) is 0 Å². The minimum absolute atomic E-state index is 0.150. The highest BCUT2D eigenvalue weighted by Gasteiger charge is 2.19. The first-order valence-corrected chi connectivity index (χ1v) is 6.67. The average Bonchev–Trinajstić information content (AvgIpc) is 2.41. The SMILES string of the molecule is COCCN(c1nc(NN)ncc1Br)C(C)COC. The Kier molecular flexibility index (Phi) is 7.00. The number of hydrogen-bond acceptors (Lipinski definition) is 7. The molecule has 0 saturated carbocycles. The first kappa shape index (κ1) is 16.1. The molecule has 108 valence electrons. The number of hydrogen-bond donors (Lipinski definition) is 2. The highest BCUT2D eigenvalue weighted by molar-refractivity contribution is 9.10. The lowest BCUT2D eigenvalue weighted by molar-refractivity contribution is 0.170. The summed E-state index contributed by atoms with van der Waals surface area (Å²) in [5, 5.41) is 0. The number of ether oxygens (including phenoxy) is 2. The Morgan fingerprint density at radius 3 is 2.79 bits per heavy atom. The molecule has 1 rings (SSSR count). The largest absolute Gasteiger partial charge is 0.383 e.